The van der Waals surface area contributed by atoms with Crippen molar-refractivity contribution in [1.82, 2.24) is 15.0 Å². The van der Waals surface area contributed by atoms with Crippen LogP contribution in [0.3, 0.4) is 0 Å². The molecule has 0 atom stereocenters. The Labute approximate surface area is 190 Å². The Bertz CT molecular complexity index is 1400. The molecule has 4 heterocycles. The molecule has 1 aliphatic heterocycles. The van der Waals surface area contributed by atoms with Gasteiger partial charge in [0.1, 0.15) is 11.3 Å². The molecule has 168 valence electrons. The number of primary amides is 1. The second-order valence-electron chi connectivity index (χ2n) is 8.77. The predicted octanol–water partition coefficient (Wildman–Crippen LogP) is 2.83. The van der Waals surface area contributed by atoms with Crippen LogP contribution >= 0.6 is 0 Å². The van der Waals surface area contributed by atoms with Crippen molar-refractivity contribution in [3.05, 3.63) is 42.4 Å². The Morgan fingerprint density at radius 3 is 2.73 bits per heavy atom. The zero-order valence-corrected chi connectivity index (χ0v) is 18.5. The molecule has 6 rings (SSSR count). The van der Waals surface area contributed by atoms with E-state index in [1.165, 1.54) is 0 Å². The van der Waals surface area contributed by atoms with Crippen molar-refractivity contribution < 1.29 is 13.9 Å². The van der Waals surface area contributed by atoms with E-state index in [0.717, 1.165) is 40.6 Å². The van der Waals surface area contributed by atoms with Crippen molar-refractivity contribution in [3.8, 4) is 11.5 Å². The number of hydrogen-bond acceptors (Lipinski definition) is 8. The lowest BCUT2D eigenvalue weighted by molar-refractivity contribution is -0.120. The summed E-state index contributed by atoms with van der Waals surface area (Å²) < 4.78 is 11.6. The average Bonchev–Trinajstić information content (AvgIpc) is 3.51. The molecule has 1 aromatic carbocycles. The van der Waals surface area contributed by atoms with Crippen LogP contribution in [0.25, 0.3) is 33.3 Å². The van der Waals surface area contributed by atoms with E-state index in [1.807, 2.05) is 31.3 Å². The van der Waals surface area contributed by atoms with Crippen LogP contribution in [0, 0.1) is 0 Å². The number of ether oxygens (including phenoxy) is 1. The largest absolute Gasteiger partial charge is 0.436 e. The summed E-state index contributed by atoms with van der Waals surface area (Å²) in [4.78, 5) is 28.1. The molecule has 4 aromatic rings. The standard InChI is InChI=1S/C24H24N6O3/c1-26-21-16-9-27-20(24(5-6-24)23(25)31)8-15(16)17(10-28-21)22-29-18-4-3-13(7-19(18)33-22)30-11-14(12-30)32-2/h3-4,7-10,14H,5-6,11-12H2,1-2H3,(H2,25,31)(H,26,28). The SMILES string of the molecule is CNc1ncc(-c2nc3ccc(N4CC(OC)C4)cc3o2)c2cc(C3(C(N)=O)CC3)ncc12. The Kier molecular flexibility index (Phi) is 4.31. The second kappa shape index (κ2) is 7.14. The van der Waals surface area contributed by atoms with Crippen molar-refractivity contribution in [3.63, 3.8) is 0 Å². The van der Waals surface area contributed by atoms with Crippen molar-refractivity contribution in [2.24, 2.45) is 5.73 Å². The van der Waals surface area contributed by atoms with Crippen LogP contribution in [-0.2, 0) is 14.9 Å². The summed E-state index contributed by atoms with van der Waals surface area (Å²) in [5, 5.41) is 4.80. The summed E-state index contributed by atoms with van der Waals surface area (Å²) in [6.45, 7) is 1.72. The first kappa shape index (κ1) is 19.9. The smallest absolute Gasteiger partial charge is 0.229 e. The third-order valence-corrected chi connectivity index (χ3v) is 6.87. The molecule has 0 radical (unpaired) electrons. The van der Waals surface area contributed by atoms with Gasteiger partial charge in [-0.2, -0.15) is 0 Å². The Balaban J connectivity index is 1.45. The topological polar surface area (TPSA) is 119 Å². The van der Waals surface area contributed by atoms with Crippen molar-refractivity contribution in [2.75, 3.05) is 37.5 Å². The van der Waals surface area contributed by atoms with Crippen molar-refractivity contribution >= 4 is 39.3 Å². The monoisotopic (exact) mass is 444 g/mol. The molecule has 9 heteroatoms. The third-order valence-electron chi connectivity index (χ3n) is 6.87. The van der Waals surface area contributed by atoms with E-state index in [1.54, 1.807) is 19.5 Å². The van der Waals surface area contributed by atoms with Crippen molar-refractivity contribution in [1.29, 1.82) is 0 Å². The molecule has 3 aromatic heterocycles. The maximum Gasteiger partial charge on any atom is 0.229 e. The zero-order valence-electron chi connectivity index (χ0n) is 18.5. The highest BCUT2D eigenvalue weighted by atomic mass is 16.5. The number of nitrogens with zero attached hydrogens (tertiary/aromatic N) is 4. The first-order chi connectivity index (χ1) is 16.0. The van der Waals surface area contributed by atoms with Crippen LogP contribution in [0.5, 0.6) is 0 Å². The molecule has 1 aliphatic carbocycles. The van der Waals surface area contributed by atoms with E-state index >= 15 is 0 Å². The first-order valence-electron chi connectivity index (χ1n) is 11.0. The number of amides is 1. The Morgan fingerprint density at radius 1 is 1.21 bits per heavy atom. The zero-order chi connectivity index (χ0) is 22.7. The van der Waals surface area contributed by atoms with E-state index in [9.17, 15) is 4.79 Å². The maximum atomic E-state index is 12.1. The molecule has 0 unspecified atom stereocenters. The van der Waals surface area contributed by atoms with Gasteiger partial charge in [-0.05, 0) is 31.0 Å². The fourth-order valence-corrected chi connectivity index (χ4v) is 4.54. The van der Waals surface area contributed by atoms with Gasteiger partial charge >= 0.3 is 0 Å². The van der Waals surface area contributed by atoms with E-state index in [-0.39, 0.29) is 12.0 Å². The number of benzene rings is 1. The number of carbonyl (C=O) groups excluding carboxylic acids is 1. The number of nitrogens with two attached hydrogens (primary N) is 1. The molecule has 1 saturated carbocycles. The van der Waals surface area contributed by atoms with E-state index in [4.69, 9.17) is 19.9 Å². The molecular weight excluding hydrogens is 420 g/mol. The summed E-state index contributed by atoms with van der Waals surface area (Å²) in [5.41, 5.74) is 9.00. The van der Waals surface area contributed by atoms with Gasteiger partial charge in [0.15, 0.2) is 5.58 Å². The minimum Gasteiger partial charge on any atom is -0.436 e. The summed E-state index contributed by atoms with van der Waals surface area (Å²) in [7, 11) is 3.55. The van der Waals surface area contributed by atoms with Gasteiger partial charge in [0.2, 0.25) is 11.8 Å². The van der Waals surface area contributed by atoms with Gasteiger partial charge in [0.25, 0.3) is 0 Å². The van der Waals surface area contributed by atoms with E-state index in [0.29, 0.717) is 35.8 Å². The summed E-state index contributed by atoms with van der Waals surface area (Å²) in [6, 6.07) is 7.95. The number of pyridine rings is 2. The van der Waals surface area contributed by atoms with Crippen LogP contribution in [0.2, 0.25) is 0 Å². The summed E-state index contributed by atoms with van der Waals surface area (Å²) >= 11 is 0. The van der Waals surface area contributed by atoms with Gasteiger partial charge in [-0.3, -0.25) is 9.78 Å². The molecule has 0 spiro atoms. The van der Waals surface area contributed by atoms with Crippen LogP contribution in [-0.4, -0.2) is 54.2 Å². The Morgan fingerprint density at radius 2 is 2.03 bits per heavy atom. The number of nitrogens with one attached hydrogen (secondary N) is 1. The number of hydrogen-bond donors (Lipinski definition) is 2. The number of methoxy groups -OCH3 is 1. The molecular formula is C24H24N6O3. The molecule has 2 fully saturated rings. The van der Waals surface area contributed by atoms with E-state index in [2.05, 4.69) is 20.2 Å². The van der Waals surface area contributed by atoms with Crippen molar-refractivity contribution in [2.45, 2.75) is 24.4 Å². The van der Waals surface area contributed by atoms with Gasteiger partial charge in [0, 0.05) is 62.2 Å². The molecule has 1 saturated heterocycles. The molecule has 0 bridgehead atoms. The molecule has 9 nitrogen and oxygen atoms in total. The molecule has 3 N–H and O–H groups in total. The molecule has 2 aliphatic rings. The third kappa shape index (κ3) is 3.03. The van der Waals surface area contributed by atoms with Gasteiger partial charge in [-0.15, -0.1) is 0 Å². The highest BCUT2D eigenvalue weighted by Gasteiger charge is 2.51. The highest BCUT2D eigenvalue weighted by Crippen LogP contribution is 2.48. The number of rotatable bonds is 6. The van der Waals surface area contributed by atoms with Crippen LogP contribution < -0.4 is 16.0 Å². The quantitative estimate of drug-likeness (QED) is 0.466. The maximum absolute atomic E-state index is 12.1. The van der Waals surface area contributed by atoms with Crippen LogP contribution in [0.4, 0.5) is 11.5 Å². The van der Waals surface area contributed by atoms with E-state index < -0.39 is 5.41 Å². The number of fused-ring (bicyclic) bond motifs is 2. The summed E-state index contributed by atoms with van der Waals surface area (Å²) in [5.74, 6) is 0.831. The van der Waals surface area contributed by atoms with Crippen LogP contribution in [0.1, 0.15) is 18.5 Å². The second-order valence-corrected chi connectivity index (χ2v) is 8.77. The highest BCUT2D eigenvalue weighted by molar-refractivity contribution is 6.02. The van der Waals surface area contributed by atoms with Gasteiger partial charge in [-0.25, -0.2) is 9.97 Å². The Hall–Kier alpha value is -3.72. The minimum atomic E-state index is -0.679. The number of carbonyl (C=O) groups is 1. The summed E-state index contributed by atoms with van der Waals surface area (Å²) in [6.07, 6.45) is 5.18. The lowest BCUT2D eigenvalue weighted by Gasteiger charge is -2.39. The van der Waals surface area contributed by atoms with Gasteiger partial charge in [-0.1, -0.05) is 0 Å². The van der Waals surface area contributed by atoms with Crippen LogP contribution in [0.15, 0.2) is 41.1 Å². The fraction of sp³-hybridized carbons (Fsp3) is 0.333. The number of aromatic nitrogens is 3. The number of oxazole rings is 1. The average molecular weight is 444 g/mol. The number of anilines is 2. The first-order valence-corrected chi connectivity index (χ1v) is 11.0. The molecule has 1 amide bonds. The fourth-order valence-electron chi connectivity index (χ4n) is 4.54. The predicted molar refractivity (Wildman–Crippen MR) is 125 cm³/mol. The lowest BCUT2D eigenvalue weighted by atomic mass is 9.98. The minimum absolute atomic E-state index is 0.270. The van der Waals surface area contributed by atoms with Gasteiger partial charge < -0.3 is 25.1 Å². The molecule has 33 heavy (non-hydrogen) atoms. The lowest BCUT2D eigenvalue weighted by Crippen LogP contribution is -2.51. The normalized spacial score (nSPS) is 17.3. The van der Waals surface area contributed by atoms with Gasteiger partial charge in [0.05, 0.1) is 22.8 Å².